The molecule has 0 aliphatic carbocycles. The fourth-order valence-electron chi connectivity index (χ4n) is 3.80. The van der Waals surface area contributed by atoms with E-state index in [1.165, 1.54) is 34.9 Å². The summed E-state index contributed by atoms with van der Waals surface area (Å²) in [6.45, 7) is 0. The number of fused-ring (bicyclic) bond motifs is 3. The van der Waals surface area contributed by atoms with Crippen LogP contribution in [0, 0.1) is 0 Å². The van der Waals surface area contributed by atoms with Crippen molar-refractivity contribution in [2.24, 2.45) is 5.73 Å². The number of benzene rings is 2. The third kappa shape index (κ3) is 2.93. The van der Waals surface area contributed by atoms with E-state index >= 15 is 0 Å². The lowest BCUT2D eigenvalue weighted by Gasteiger charge is -2.21. The second-order valence-electron chi connectivity index (χ2n) is 7.20. The van der Waals surface area contributed by atoms with E-state index in [4.69, 9.17) is 20.3 Å². The van der Waals surface area contributed by atoms with Gasteiger partial charge >= 0.3 is 5.63 Å². The van der Waals surface area contributed by atoms with Gasteiger partial charge in [0.1, 0.15) is 22.5 Å². The zero-order chi connectivity index (χ0) is 22.6. The molecule has 10 heteroatoms. The summed E-state index contributed by atoms with van der Waals surface area (Å²) in [5.41, 5.74) is 12.1. The molecule has 4 aromatic rings. The maximum Gasteiger partial charge on any atom is 0.362 e. The summed E-state index contributed by atoms with van der Waals surface area (Å²) in [6, 6.07) is 12.1. The Bertz CT molecular complexity index is 1540. The average molecular weight is 432 g/mol. The van der Waals surface area contributed by atoms with E-state index in [2.05, 4.69) is 4.98 Å². The number of carbonyl (C=O) groups is 1. The number of phenols is 2. The van der Waals surface area contributed by atoms with E-state index in [1.54, 1.807) is 24.3 Å². The summed E-state index contributed by atoms with van der Waals surface area (Å²) in [5.74, 6) is -1.45. The third-order valence-corrected chi connectivity index (χ3v) is 5.18. The normalized spacial score (nSPS) is 15.4. The van der Waals surface area contributed by atoms with Gasteiger partial charge in [-0.25, -0.2) is 9.36 Å². The Hall–Kier alpha value is -4.73. The van der Waals surface area contributed by atoms with E-state index in [1.807, 2.05) is 0 Å². The lowest BCUT2D eigenvalue weighted by molar-refractivity contribution is -0.113. The lowest BCUT2D eigenvalue weighted by atomic mass is 9.86. The van der Waals surface area contributed by atoms with Crippen molar-refractivity contribution in [1.82, 2.24) is 9.55 Å². The predicted octanol–water partition coefficient (Wildman–Crippen LogP) is 0.0222. The second kappa shape index (κ2) is 6.91. The van der Waals surface area contributed by atoms with Crippen molar-refractivity contribution in [2.75, 3.05) is 5.73 Å². The highest BCUT2D eigenvalue weighted by Crippen LogP contribution is 2.38. The maximum atomic E-state index is 12.8. The molecule has 5 rings (SSSR count). The largest absolute Gasteiger partial charge is 0.508 e. The molecule has 1 aliphatic heterocycles. The van der Waals surface area contributed by atoms with Crippen molar-refractivity contribution in [3.8, 4) is 17.4 Å². The first-order chi connectivity index (χ1) is 15.3. The minimum absolute atomic E-state index is 0.0149. The molecule has 2 aromatic heterocycles. The zero-order valence-corrected chi connectivity index (χ0v) is 16.4. The number of nitrogens with two attached hydrogens (primary N) is 2. The van der Waals surface area contributed by atoms with E-state index in [0.717, 1.165) is 0 Å². The van der Waals surface area contributed by atoms with Crippen LogP contribution in [0.15, 0.2) is 62.2 Å². The van der Waals surface area contributed by atoms with Crippen molar-refractivity contribution >= 4 is 23.6 Å². The van der Waals surface area contributed by atoms with Gasteiger partial charge in [0.2, 0.25) is 11.4 Å². The van der Waals surface area contributed by atoms with Crippen molar-refractivity contribution in [3.63, 3.8) is 0 Å². The number of nitrogens with zero attached hydrogens (tertiary/aromatic N) is 2. The number of phenolic OH excluding ortho intramolecular Hbond substituents is 2. The van der Waals surface area contributed by atoms with Crippen LogP contribution >= 0.6 is 0 Å². The molecule has 2 aromatic carbocycles. The van der Waals surface area contributed by atoms with Gasteiger partial charge in [-0.15, -0.1) is 0 Å². The van der Waals surface area contributed by atoms with Crippen LogP contribution in [0.2, 0.25) is 0 Å². The number of anilines is 1. The molecule has 1 amide bonds. The Morgan fingerprint density at radius 2 is 1.66 bits per heavy atom. The topological polar surface area (TPSA) is 171 Å². The highest BCUT2D eigenvalue weighted by molar-refractivity contribution is 6.15. The Labute approximate surface area is 179 Å². The zero-order valence-electron chi connectivity index (χ0n) is 16.4. The molecule has 160 valence electrons. The molecule has 1 aliphatic rings. The Morgan fingerprint density at radius 1 is 1.03 bits per heavy atom. The number of rotatable bonds is 3. The third-order valence-electron chi connectivity index (χ3n) is 5.18. The van der Waals surface area contributed by atoms with Crippen LogP contribution in [-0.2, 0) is 4.79 Å². The molecule has 0 spiro atoms. The number of oxazole rings is 2. The van der Waals surface area contributed by atoms with E-state index in [-0.39, 0.29) is 45.6 Å². The first kappa shape index (κ1) is 19.2. The molecule has 10 nitrogen and oxygen atoms in total. The first-order valence-corrected chi connectivity index (χ1v) is 9.45. The van der Waals surface area contributed by atoms with E-state index < -0.39 is 17.5 Å². The standard InChI is InChI=1S/C22H16N4O6/c23-18(29)16-15(11-3-7-13(28)8-4-11)17-20(32-22(24)25-17)26-14(21(30)31-19(16)26)9-10-1-5-12(27)6-2-10/h1-9,15,27-28H,(H2,23,29)(H2,24,25)/b14-9+. The number of amides is 1. The van der Waals surface area contributed by atoms with Crippen molar-refractivity contribution in [2.45, 2.75) is 5.92 Å². The summed E-state index contributed by atoms with van der Waals surface area (Å²) >= 11 is 0. The second-order valence-corrected chi connectivity index (χ2v) is 7.20. The fraction of sp³-hybridized carbons (Fsp3) is 0.0455. The van der Waals surface area contributed by atoms with Crippen LogP contribution in [0.1, 0.15) is 22.7 Å². The Morgan fingerprint density at radius 3 is 2.28 bits per heavy atom. The van der Waals surface area contributed by atoms with Gasteiger partial charge < -0.3 is 30.5 Å². The molecule has 3 heterocycles. The Kier molecular flexibility index (Phi) is 4.16. The van der Waals surface area contributed by atoms with Crippen LogP contribution in [0.5, 0.6) is 11.5 Å². The molecular weight excluding hydrogens is 416 g/mol. The average Bonchev–Trinajstić information content (AvgIpc) is 3.28. The van der Waals surface area contributed by atoms with Gasteiger partial charge in [-0.05, 0) is 41.5 Å². The van der Waals surface area contributed by atoms with Crippen LogP contribution in [0.3, 0.4) is 0 Å². The molecule has 0 fully saturated rings. The Balaban J connectivity index is 1.89. The number of aromatic hydroxyl groups is 2. The van der Waals surface area contributed by atoms with Gasteiger partial charge in [-0.2, -0.15) is 4.98 Å². The van der Waals surface area contributed by atoms with Crippen molar-refractivity contribution in [1.29, 1.82) is 0 Å². The molecule has 0 radical (unpaired) electrons. The van der Waals surface area contributed by atoms with Gasteiger partial charge in [0, 0.05) is 0 Å². The van der Waals surface area contributed by atoms with Crippen molar-refractivity contribution < 1.29 is 23.8 Å². The predicted molar refractivity (Wildman–Crippen MR) is 112 cm³/mol. The first-order valence-electron chi connectivity index (χ1n) is 9.45. The SMILES string of the molecule is NC(=O)C1=c2oc(=O)/c(=C\c3ccc(O)cc3)n2-c2oc(N)nc2C1c1ccc(O)cc1. The molecule has 1 atom stereocenters. The van der Waals surface area contributed by atoms with Crippen LogP contribution in [0.4, 0.5) is 6.01 Å². The summed E-state index contributed by atoms with van der Waals surface area (Å²) in [6.07, 6.45) is 1.51. The maximum absolute atomic E-state index is 12.8. The smallest absolute Gasteiger partial charge is 0.362 e. The number of aromatic nitrogens is 2. The number of carbonyl (C=O) groups excluding carboxylic acids is 1. The monoisotopic (exact) mass is 432 g/mol. The quantitative estimate of drug-likeness (QED) is 0.351. The number of hydrogen-bond donors (Lipinski definition) is 4. The highest BCUT2D eigenvalue weighted by Gasteiger charge is 2.38. The summed E-state index contributed by atoms with van der Waals surface area (Å²) in [5, 5.41) is 19.2. The van der Waals surface area contributed by atoms with Gasteiger partial charge in [-0.3, -0.25) is 4.79 Å². The van der Waals surface area contributed by atoms with Gasteiger partial charge in [0.15, 0.2) is 0 Å². The lowest BCUT2D eigenvalue weighted by Crippen LogP contribution is -2.38. The molecule has 0 saturated heterocycles. The van der Waals surface area contributed by atoms with Crippen molar-refractivity contribution in [3.05, 3.63) is 86.7 Å². The van der Waals surface area contributed by atoms with E-state index in [0.29, 0.717) is 11.1 Å². The minimum Gasteiger partial charge on any atom is -0.508 e. The summed E-state index contributed by atoms with van der Waals surface area (Å²) in [7, 11) is 0. The number of primary amides is 1. The van der Waals surface area contributed by atoms with Crippen LogP contribution in [0.25, 0.3) is 17.5 Å². The van der Waals surface area contributed by atoms with Gasteiger partial charge in [0.25, 0.3) is 11.9 Å². The fourth-order valence-corrected chi connectivity index (χ4v) is 3.80. The summed E-state index contributed by atoms with van der Waals surface area (Å²) < 4.78 is 12.4. The molecule has 32 heavy (non-hydrogen) atoms. The summed E-state index contributed by atoms with van der Waals surface area (Å²) in [4.78, 5) is 29.6. The molecular formula is C22H16N4O6. The number of hydrogen-bond acceptors (Lipinski definition) is 8. The van der Waals surface area contributed by atoms with Crippen LogP contribution in [-0.4, -0.2) is 25.7 Å². The molecule has 0 bridgehead atoms. The van der Waals surface area contributed by atoms with Gasteiger partial charge in [0.05, 0.1) is 11.5 Å². The minimum atomic E-state index is -0.837. The van der Waals surface area contributed by atoms with Crippen LogP contribution < -0.4 is 28.0 Å². The molecule has 6 N–H and O–H groups in total. The molecule has 0 saturated carbocycles. The highest BCUT2D eigenvalue weighted by atomic mass is 16.4. The molecule has 1 unspecified atom stereocenters. The van der Waals surface area contributed by atoms with E-state index in [9.17, 15) is 19.8 Å². The van der Waals surface area contributed by atoms with Gasteiger partial charge in [-0.1, -0.05) is 24.3 Å². The number of nitrogen functional groups attached to an aromatic ring is 1.